The van der Waals surface area contributed by atoms with Gasteiger partial charge in [-0.3, -0.25) is 4.79 Å². The SMILES string of the molecule is Cc1ccc(C(=O)Nc2cc(C(C)(C)C)nn2-c2ccccc2)cc1Nc1ncccc1-c1ccncn1. The van der Waals surface area contributed by atoms with Gasteiger partial charge in [0.25, 0.3) is 5.91 Å². The van der Waals surface area contributed by atoms with Crippen molar-refractivity contribution in [1.29, 1.82) is 0 Å². The fraction of sp³-hybridized carbons (Fsp3) is 0.167. The van der Waals surface area contributed by atoms with Crippen molar-refractivity contribution in [3.05, 3.63) is 108 Å². The number of rotatable bonds is 6. The highest BCUT2D eigenvalue weighted by atomic mass is 16.1. The number of benzene rings is 2. The number of amides is 1. The van der Waals surface area contributed by atoms with Gasteiger partial charge in [-0.2, -0.15) is 5.10 Å². The van der Waals surface area contributed by atoms with Crippen molar-refractivity contribution in [2.24, 2.45) is 0 Å². The summed E-state index contributed by atoms with van der Waals surface area (Å²) in [7, 11) is 0. The van der Waals surface area contributed by atoms with Crippen LogP contribution in [0.3, 0.4) is 0 Å². The maximum absolute atomic E-state index is 13.4. The monoisotopic (exact) mass is 503 g/mol. The van der Waals surface area contributed by atoms with E-state index in [-0.39, 0.29) is 11.3 Å². The van der Waals surface area contributed by atoms with Gasteiger partial charge in [-0.1, -0.05) is 45.0 Å². The number of nitrogens with one attached hydrogen (secondary N) is 2. The second kappa shape index (κ2) is 10.3. The molecule has 0 radical (unpaired) electrons. The fourth-order valence-corrected chi connectivity index (χ4v) is 3.98. The van der Waals surface area contributed by atoms with Crippen molar-refractivity contribution in [2.75, 3.05) is 10.6 Å². The van der Waals surface area contributed by atoms with Crippen molar-refractivity contribution in [2.45, 2.75) is 33.1 Å². The first-order valence-electron chi connectivity index (χ1n) is 12.4. The van der Waals surface area contributed by atoms with Crippen LogP contribution >= 0.6 is 0 Å². The van der Waals surface area contributed by atoms with Crippen LogP contribution in [0.1, 0.15) is 42.4 Å². The van der Waals surface area contributed by atoms with Crippen LogP contribution in [0.2, 0.25) is 0 Å². The Morgan fingerprint density at radius 3 is 2.45 bits per heavy atom. The average Bonchev–Trinajstić information content (AvgIpc) is 3.36. The van der Waals surface area contributed by atoms with E-state index < -0.39 is 0 Å². The molecule has 5 rings (SSSR count). The minimum Gasteiger partial charge on any atom is -0.339 e. The fourth-order valence-electron chi connectivity index (χ4n) is 3.98. The molecule has 0 aliphatic heterocycles. The maximum Gasteiger partial charge on any atom is 0.256 e. The Morgan fingerprint density at radius 2 is 1.71 bits per heavy atom. The molecule has 2 N–H and O–H groups in total. The van der Waals surface area contributed by atoms with Crippen LogP contribution in [0, 0.1) is 6.92 Å². The number of hydrogen-bond acceptors (Lipinski definition) is 6. The Labute approximate surface area is 221 Å². The third-order valence-corrected chi connectivity index (χ3v) is 6.14. The minimum atomic E-state index is -0.234. The van der Waals surface area contributed by atoms with Crippen LogP contribution in [0.15, 0.2) is 91.5 Å². The topological polar surface area (TPSA) is 97.6 Å². The summed E-state index contributed by atoms with van der Waals surface area (Å²) in [4.78, 5) is 26.3. The van der Waals surface area contributed by atoms with Crippen molar-refractivity contribution in [1.82, 2.24) is 24.7 Å². The highest BCUT2D eigenvalue weighted by Gasteiger charge is 2.22. The summed E-state index contributed by atoms with van der Waals surface area (Å²) in [5, 5.41) is 11.3. The molecule has 0 fully saturated rings. The number of nitrogens with zero attached hydrogens (tertiary/aromatic N) is 5. The molecule has 190 valence electrons. The lowest BCUT2D eigenvalue weighted by Crippen LogP contribution is -2.15. The first-order valence-corrected chi connectivity index (χ1v) is 12.4. The summed E-state index contributed by atoms with van der Waals surface area (Å²) in [6, 6.07) is 22.9. The molecule has 38 heavy (non-hydrogen) atoms. The van der Waals surface area contributed by atoms with E-state index in [1.54, 1.807) is 17.1 Å². The molecule has 8 heteroatoms. The van der Waals surface area contributed by atoms with E-state index >= 15 is 0 Å². The van der Waals surface area contributed by atoms with Crippen LogP contribution in [-0.2, 0) is 5.41 Å². The van der Waals surface area contributed by atoms with Crippen molar-refractivity contribution in [3.63, 3.8) is 0 Å². The average molecular weight is 504 g/mol. The third-order valence-electron chi connectivity index (χ3n) is 6.14. The molecule has 0 saturated carbocycles. The second-order valence-corrected chi connectivity index (χ2v) is 10.0. The van der Waals surface area contributed by atoms with E-state index in [1.807, 2.05) is 79.7 Å². The van der Waals surface area contributed by atoms with Gasteiger partial charge in [-0.25, -0.2) is 19.6 Å². The van der Waals surface area contributed by atoms with Gasteiger partial charge in [0.2, 0.25) is 0 Å². The molecule has 0 unspecified atom stereocenters. The normalized spacial score (nSPS) is 11.3. The molecule has 0 aliphatic rings. The predicted octanol–water partition coefficient (Wildman–Crippen LogP) is 6.33. The van der Waals surface area contributed by atoms with Crippen LogP contribution < -0.4 is 10.6 Å². The molecule has 0 atom stereocenters. The second-order valence-electron chi connectivity index (χ2n) is 10.0. The van der Waals surface area contributed by atoms with Gasteiger partial charge in [0.15, 0.2) is 0 Å². The predicted molar refractivity (Wildman–Crippen MR) is 150 cm³/mol. The number of para-hydroxylation sites is 1. The van der Waals surface area contributed by atoms with Gasteiger partial charge in [-0.05, 0) is 55.0 Å². The summed E-state index contributed by atoms with van der Waals surface area (Å²) >= 11 is 0. The van der Waals surface area contributed by atoms with Crippen molar-refractivity contribution in [3.8, 4) is 16.9 Å². The lowest BCUT2D eigenvalue weighted by Gasteiger charge is -2.14. The molecule has 0 spiro atoms. The van der Waals surface area contributed by atoms with Crippen molar-refractivity contribution < 1.29 is 4.79 Å². The zero-order chi connectivity index (χ0) is 26.7. The van der Waals surface area contributed by atoms with E-state index in [4.69, 9.17) is 5.10 Å². The number of aryl methyl sites for hydroxylation is 1. The van der Waals surface area contributed by atoms with Gasteiger partial charge >= 0.3 is 0 Å². The van der Waals surface area contributed by atoms with Crippen LogP contribution in [0.5, 0.6) is 0 Å². The number of hydrogen-bond donors (Lipinski definition) is 2. The third kappa shape index (κ3) is 5.29. The number of carbonyl (C=O) groups excluding carboxylic acids is 1. The quantitative estimate of drug-likeness (QED) is 0.281. The van der Waals surface area contributed by atoms with E-state index in [0.717, 1.165) is 33.9 Å². The zero-order valence-electron chi connectivity index (χ0n) is 21.8. The van der Waals surface area contributed by atoms with E-state index in [0.29, 0.717) is 17.2 Å². The van der Waals surface area contributed by atoms with Gasteiger partial charge < -0.3 is 10.6 Å². The maximum atomic E-state index is 13.4. The highest BCUT2D eigenvalue weighted by Crippen LogP contribution is 2.30. The largest absolute Gasteiger partial charge is 0.339 e. The Hall–Kier alpha value is -4.85. The Morgan fingerprint density at radius 1 is 0.895 bits per heavy atom. The lowest BCUT2D eigenvalue weighted by atomic mass is 9.92. The molecule has 0 bridgehead atoms. The first kappa shape index (κ1) is 24.8. The van der Waals surface area contributed by atoms with E-state index in [9.17, 15) is 4.79 Å². The first-order chi connectivity index (χ1) is 18.3. The number of aromatic nitrogens is 5. The number of carbonyl (C=O) groups is 1. The van der Waals surface area contributed by atoms with Gasteiger partial charge in [0.05, 0.1) is 17.1 Å². The highest BCUT2D eigenvalue weighted by molar-refractivity contribution is 6.04. The van der Waals surface area contributed by atoms with Crippen LogP contribution in [0.4, 0.5) is 17.3 Å². The number of pyridine rings is 1. The van der Waals surface area contributed by atoms with Crippen LogP contribution in [0.25, 0.3) is 16.9 Å². The summed E-state index contributed by atoms with van der Waals surface area (Å²) in [5.74, 6) is 1.02. The molecular weight excluding hydrogens is 474 g/mol. The molecule has 5 aromatic rings. The Bertz CT molecular complexity index is 1570. The smallest absolute Gasteiger partial charge is 0.256 e. The molecule has 3 heterocycles. The van der Waals surface area contributed by atoms with Gasteiger partial charge in [0.1, 0.15) is 18.0 Å². The van der Waals surface area contributed by atoms with Gasteiger partial charge in [-0.15, -0.1) is 0 Å². The summed E-state index contributed by atoms with van der Waals surface area (Å²) in [6.45, 7) is 8.28. The Balaban J connectivity index is 1.45. The molecule has 8 nitrogen and oxygen atoms in total. The standard InChI is InChI=1S/C30H29N7O/c1-20-12-13-21(17-25(20)34-28-23(11-8-15-32-28)24-14-16-31-19-33-24)29(38)35-27-18-26(30(2,3)4)36-37(27)22-9-6-5-7-10-22/h5-19H,1-4H3,(H,32,34)(H,35,38). The zero-order valence-corrected chi connectivity index (χ0v) is 21.8. The minimum absolute atomic E-state index is 0.176. The molecule has 0 aliphatic carbocycles. The summed E-state index contributed by atoms with van der Waals surface area (Å²) in [6.07, 6.45) is 4.92. The number of anilines is 3. The van der Waals surface area contributed by atoms with E-state index in [2.05, 4.69) is 46.4 Å². The molecule has 2 aromatic carbocycles. The molecule has 1 amide bonds. The van der Waals surface area contributed by atoms with Gasteiger partial charge in [0, 0.05) is 40.7 Å². The summed E-state index contributed by atoms with van der Waals surface area (Å²) in [5.41, 5.74) is 5.44. The lowest BCUT2D eigenvalue weighted by molar-refractivity contribution is 0.102. The van der Waals surface area contributed by atoms with Crippen molar-refractivity contribution >= 4 is 23.2 Å². The Kier molecular flexibility index (Phi) is 6.70. The molecular formula is C30H29N7O. The van der Waals surface area contributed by atoms with E-state index in [1.165, 1.54) is 6.33 Å². The summed E-state index contributed by atoms with van der Waals surface area (Å²) < 4.78 is 1.77. The molecule has 0 saturated heterocycles. The molecule has 3 aromatic heterocycles. The van der Waals surface area contributed by atoms with Crippen LogP contribution in [-0.4, -0.2) is 30.6 Å².